The average molecular weight is 338 g/mol. The molecule has 120 valence electrons. The predicted octanol–water partition coefficient (Wildman–Crippen LogP) is 0.740. The van der Waals surface area contributed by atoms with Crippen LogP contribution in [-0.2, 0) is 20.0 Å². The van der Waals surface area contributed by atoms with Crippen molar-refractivity contribution in [3.63, 3.8) is 0 Å². The van der Waals surface area contributed by atoms with E-state index in [2.05, 4.69) is 9.44 Å². The third kappa shape index (κ3) is 5.70. The van der Waals surface area contributed by atoms with Crippen LogP contribution in [0.15, 0.2) is 23.1 Å². The van der Waals surface area contributed by atoms with Crippen molar-refractivity contribution >= 4 is 20.0 Å². The van der Waals surface area contributed by atoms with Crippen molar-refractivity contribution in [2.75, 3.05) is 12.8 Å². The maximum Gasteiger partial charge on any atom is 0.240 e. The van der Waals surface area contributed by atoms with E-state index >= 15 is 0 Å². The maximum absolute atomic E-state index is 13.2. The number of rotatable bonds is 6. The molecule has 6 nitrogen and oxygen atoms in total. The van der Waals surface area contributed by atoms with Crippen LogP contribution in [-0.4, -0.2) is 35.2 Å². The number of hydrogen-bond acceptors (Lipinski definition) is 4. The zero-order chi connectivity index (χ0) is 16.5. The molecule has 1 aromatic carbocycles. The van der Waals surface area contributed by atoms with Gasteiger partial charge >= 0.3 is 0 Å². The Kier molecular flexibility index (Phi) is 5.14. The third-order valence-electron chi connectivity index (χ3n) is 2.61. The summed E-state index contributed by atoms with van der Waals surface area (Å²) in [5.74, 6) is -0.658. The van der Waals surface area contributed by atoms with Gasteiger partial charge < -0.3 is 0 Å². The van der Waals surface area contributed by atoms with Gasteiger partial charge in [-0.3, -0.25) is 0 Å². The minimum Gasteiger partial charge on any atom is -0.213 e. The standard InChI is InChI=1S/C12H19FN2O4S2/c1-9-5-6-10(13)7-11(9)21(18,19)14-8-12(2,3)15-20(4,16)17/h5-7,14-15H,8H2,1-4H3. The first-order valence-electron chi connectivity index (χ1n) is 6.07. The van der Waals surface area contributed by atoms with Crippen molar-refractivity contribution in [1.29, 1.82) is 0 Å². The van der Waals surface area contributed by atoms with Crippen LogP contribution in [0.2, 0.25) is 0 Å². The van der Waals surface area contributed by atoms with Crippen LogP contribution in [0.1, 0.15) is 19.4 Å². The van der Waals surface area contributed by atoms with Crippen molar-refractivity contribution in [3.05, 3.63) is 29.6 Å². The van der Waals surface area contributed by atoms with Gasteiger partial charge in [0.25, 0.3) is 0 Å². The van der Waals surface area contributed by atoms with Gasteiger partial charge in [-0.15, -0.1) is 0 Å². The molecule has 0 aromatic heterocycles. The molecule has 0 unspecified atom stereocenters. The van der Waals surface area contributed by atoms with E-state index in [1.54, 1.807) is 6.92 Å². The molecule has 1 rings (SSSR count). The van der Waals surface area contributed by atoms with Crippen molar-refractivity contribution in [1.82, 2.24) is 9.44 Å². The summed E-state index contributed by atoms with van der Waals surface area (Å²) in [6.07, 6.45) is 0.986. The van der Waals surface area contributed by atoms with E-state index in [1.807, 2.05) is 0 Å². The lowest BCUT2D eigenvalue weighted by Gasteiger charge is -2.25. The lowest BCUT2D eigenvalue weighted by Crippen LogP contribution is -2.50. The van der Waals surface area contributed by atoms with Gasteiger partial charge in [-0.25, -0.2) is 30.7 Å². The number of benzene rings is 1. The highest BCUT2D eigenvalue weighted by molar-refractivity contribution is 7.89. The van der Waals surface area contributed by atoms with Crippen LogP contribution >= 0.6 is 0 Å². The normalized spacial score (nSPS) is 13.4. The molecule has 0 spiro atoms. The summed E-state index contributed by atoms with van der Waals surface area (Å²) in [4.78, 5) is -0.169. The zero-order valence-corrected chi connectivity index (χ0v) is 13.9. The minimum absolute atomic E-state index is 0.168. The lowest BCUT2D eigenvalue weighted by molar-refractivity contribution is 0.446. The number of nitrogens with one attached hydrogen (secondary N) is 2. The maximum atomic E-state index is 13.2. The van der Waals surface area contributed by atoms with Gasteiger partial charge in [-0.1, -0.05) is 6.07 Å². The van der Waals surface area contributed by atoms with Crippen molar-refractivity contribution in [2.45, 2.75) is 31.2 Å². The molecule has 21 heavy (non-hydrogen) atoms. The van der Waals surface area contributed by atoms with Crippen LogP contribution in [0.4, 0.5) is 4.39 Å². The van der Waals surface area contributed by atoms with Gasteiger partial charge in [0.1, 0.15) is 5.82 Å². The van der Waals surface area contributed by atoms with Crippen LogP contribution in [0.3, 0.4) is 0 Å². The molecule has 0 amide bonds. The molecule has 2 N–H and O–H groups in total. The molecule has 0 radical (unpaired) electrons. The fourth-order valence-corrected chi connectivity index (χ4v) is 4.30. The first-order valence-corrected chi connectivity index (χ1v) is 9.45. The molecule has 0 fully saturated rings. The summed E-state index contributed by atoms with van der Waals surface area (Å²) < 4.78 is 64.5. The second kappa shape index (κ2) is 5.99. The topological polar surface area (TPSA) is 92.3 Å². The monoisotopic (exact) mass is 338 g/mol. The van der Waals surface area contributed by atoms with Crippen LogP contribution in [0.5, 0.6) is 0 Å². The molecule has 1 aromatic rings. The quantitative estimate of drug-likeness (QED) is 0.800. The van der Waals surface area contributed by atoms with Gasteiger partial charge in [-0.05, 0) is 38.5 Å². The Balaban J connectivity index is 2.94. The Morgan fingerprint density at radius 2 is 1.76 bits per heavy atom. The fraction of sp³-hybridized carbons (Fsp3) is 0.500. The summed E-state index contributed by atoms with van der Waals surface area (Å²) in [6, 6.07) is 3.46. The molecule has 0 aliphatic rings. The lowest BCUT2D eigenvalue weighted by atomic mass is 10.1. The van der Waals surface area contributed by atoms with E-state index in [0.29, 0.717) is 5.56 Å². The highest BCUT2D eigenvalue weighted by Crippen LogP contribution is 2.16. The molecule has 0 saturated carbocycles. The molecule has 0 aliphatic carbocycles. The van der Waals surface area contributed by atoms with E-state index < -0.39 is 31.4 Å². The first kappa shape index (κ1) is 18.0. The van der Waals surface area contributed by atoms with E-state index in [-0.39, 0.29) is 11.4 Å². The molecule has 0 atom stereocenters. The zero-order valence-electron chi connectivity index (χ0n) is 12.3. The molecule has 0 bridgehead atoms. The van der Waals surface area contributed by atoms with Crippen molar-refractivity contribution in [2.24, 2.45) is 0 Å². The number of aryl methyl sites for hydroxylation is 1. The largest absolute Gasteiger partial charge is 0.240 e. The summed E-state index contributed by atoms with van der Waals surface area (Å²) in [5, 5.41) is 0. The van der Waals surface area contributed by atoms with Crippen LogP contribution in [0.25, 0.3) is 0 Å². The van der Waals surface area contributed by atoms with Crippen molar-refractivity contribution in [3.8, 4) is 0 Å². The molecule has 9 heteroatoms. The molecular formula is C12H19FN2O4S2. The Labute approximate surface area is 124 Å². The van der Waals surface area contributed by atoms with Gasteiger partial charge in [0.2, 0.25) is 20.0 Å². The molecular weight excluding hydrogens is 319 g/mol. The third-order valence-corrected chi connectivity index (χ3v) is 5.07. The van der Waals surface area contributed by atoms with Gasteiger partial charge in [0, 0.05) is 12.1 Å². The summed E-state index contributed by atoms with van der Waals surface area (Å²) in [5.41, 5.74) is -0.611. The second-order valence-electron chi connectivity index (χ2n) is 5.49. The Hall–Kier alpha value is -1.03. The molecule has 0 aliphatic heterocycles. The summed E-state index contributed by atoms with van der Waals surface area (Å²) in [7, 11) is -7.40. The fourth-order valence-electron chi connectivity index (χ4n) is 1.75. The highest BCUT2D eigenvalue weighted by atomic mass is 32.2. The van der Waals surface area contributed by atoms with E-state index in [1.165, 1.54) is 26.0 Å². The Morgan fingerprint density at radius 1 is 1.19 bits per heavy atom. The number of sulfonamides is 2. The van der Waals surface area contributed by atoms with Gasteiger partial charge in [0.05, 0.1) is 11.2 Å². The summed E-state index contributed by atoms with van der Waals surface area (Å²) >= 11 is 0. The van der Waals surface area contributed by atoms with Crippen LogP contribution < -0.4 is 9.44 Å². The predicted molar refractivity (Wildman–Crippen MR) is 78.4 cm³/mol. The van der Waals surface area contributed by atoms with Gasteiger partial charge in [-0.2, -0.15) is 0 Å². The second-order valence-corrected chi connectivity index (χ2v) is 8.98. The molecule has 0 heterocycles. The smallest absolute Gasteiger partial charge is 0.213 e. The SMILES string of the molecule is Cc1ccc(F)cc1S(=O)(=O)NCC(C)(C)NS(C)(=O)=O. The Bertz CT molecular complexity index is 728. The van der Waals surface area contributed by atoms with E-state index in [4.69, 9.17) is 0 Å². The number of halogens is 1. The van der Waals surface area contributed by atoms with Crippen molar-refractivity contribution < 1.29 is 21.2 Å². The summed E-state index contributed by atoms with van der Waals surface area (Å²) in [6.45, 7) is 4.45. The highest BCUT2D eigenvalue weighted by Gasteiger charge is 2.26. The Morgan fingerprint density at radius 3 is 2.29 bits per heavy atom. The average Bonchev–Trinajstić information content (AvgIpc) is 2.27. The van der Waals surface area contributed by atoms with E-state index in [9.17, 15) is 21.2 Å². The molecule has 0 saturated heterocycles. The minimum atomic E-state index is -3.93. The number of hydrogen-bond donors (Lipinski definition) is 2. The van der Waals surface area contributed by atoms with E-state index in [0.717, 1.165) is 12.3 Å². The van der Waals surface area contributed by atoms with Gasteiger partial charge in [0.15, 0.2) is 0 Å². The van der Waals surface area contributed by atoms with Crippen LogP contribution in [0, 0.1) is 12.7 Å². The first-order chi connectivity index (χ1) is 9.32.